The Labute approximate surface area is 125 Å². The molecule has 0 bridgehead atoms. The van der Waals surface area contributed by atoms with Crippen LogP contribution in [0.1, 0.15) is 44.2 Å². The first-order chi connectivity index (χ1) is 9.78. The summed E-state index contributed by atoms with van der Waals surface area (Å²) in [6.07, 6.45) is 4.79. The highest BCUT2D eigenvalue weighted by atomic mass is 32.1. The van der Waals surface area contributed by atoms with Crippen LogP contribution in [0.2, 0.25) is 0 Å². The van der Waals surface area contributed by atoms with Crippen molar-refractivity contribution in [1.29, 1.82) is 0 Å². The Kier molecular flexibility index (Phi) is 4.11. The molecule has 1 saturated carbocycles. The summed E-state index contributed by atoms with van der Waals surface area (Å²) >= 11 is 1.85. The first-order valence-corrected chi connectivity index (χ1v) is 8.40. The number of rotatable bonds is 6. The van der Waals surface area contributed by atoms with Crippen LogP contribution in [-0.2, 0) is 4.74 Å². The summed E-state index contributed by atoms with van der Waals surface area (Å²) in [6.45, 7) is 3.18. The van der Waals surface area contributed by atoms with E-state index in [0.717, 1.165) is 13.0 Å². The maximum absolute atomic E-state index is 5.82. The Hall–Kier alpha value is -0.900. The van der Waals surface area contributed by atoms with E-state index in [1.807, 2.05) is 18.4 Å². The molecular weight excluding hydrogens is 266 g/mol. The summed E-state index contributed by atoms with van der Waals surface area (Å²) in [5.41, 5.74) is 1.55. The predicted molar refractivity (Wildman–Crippen MR) is 86.5 cm³/mol. The molecule has 0 saturated heterocycles. The number of nitrogens with one attached hydrogen (secondary N) is 1. The van der Waals surface area contributed by atoms with Crippen LogP contribution in [0.3, 0.4) is 0 Å². The van der Waals surface area contributed by atoms with Crippen molar-refractivity contribution in [3.63, 3.8) is 0 Å². The van der Waals surface area contributed by atoms with Gasteiger partial charge in [0.05, 0.1) is 5.60 Å². The van der Waals surface area contributed by atoms with Gasteiger partial charge >= 0.3 is 0 Å². The Bertz CT molecular complexity index is 568. The van der Waals surface area contributed by atoms with Crippen molar-refractivity contribution in [3.8, 4) is 0 Å². The third-order valence-electron chi connectivity index (χ3n) is 4.61. The highest BCUT2D eigenvalue weighted by molar-refractivity contribution is 7.17. The van der Waals surface area contributed by atoms with Crippen molar-refractivity contribution in [1.82, 2.24) is 5.32 Å². The molecule has 108 valence electrons. The molecule has 1 atom stereocenters. The van der Waals surface area contributed by atoms with Crippen molar-refractivity contribution in [2.24, 2.45) is 0 Å². The minimum atomic E-state index is 0.107. The molecule has 1 aromatic carbocycles. The van der Waals surface area contributed by atoms with Crippen molar-refractivity contribution < 1.29 is 4.74 Å². The maximum atomic E-state index is 5.82. The van der Waals surface area contributed by atoms with Crippen LogP contribution >= 0.6 is 11.3 Å². The quantitative estimate of drug-likeness (QED) is 0.844. The van der Waals surface area contributed by atoms with Crippen molar-refractivity contribution in [2.45, 2.75) is 44.2 Å². The van der Waals surface area contributed by atoms with Gasteiger partial charge in [0.2, 0.25) is 0 Å². The molecule has 1 heterocycles. The molecular formula is C17H23NOS. The summed E-state index contributed by atoms with van der Waals surface area (Å²) < 4.78 is 7.20. The minimum absolute atomic E-state index is 0.107. The lowest BCUT2D eigenvalue weighted by Gasteiger charge is -2.43. The molecule has 0 spiro atoms. The van der Waals surface area contributed by atoms with E-state index in [2.05, 4.69) is 41.9 Å². The van der Waals surface area contributed by atoms with Gasteiger partial charge in [0.15, 0.2) is 0 Å². The van der Waals surface area contributed by atoms with Crippen molar-refractivity contribution >= 4 is 21.4 Å². The molecule has 3 rings (SSSR count). The number of thiophene rings is 1. The normalized spacial score (nSPS) is 18.9. The first-order valence-electron chi connectivity index (χ1n) is 7.53. The standard InChI is InChI=1S/C17H23NOS/c1-3-18-15(11-17(19-2)9-6-10-17)14-12-20-16-8-5-4-7-13(14)16/h4-5,7-8,12,15,18H,3,6,9-11H2,1-2H3. The van der Waals surface area contributed by atoms with Crippen molar-refractivity contribution in [2.75, 3.05) is 13.7 Å². The molecule has 1 N–H and O–H groups in total. The fraction of sp³-hybridized carbons (Fsp3) is 0.529. The highest BCUT2D eigenvalue weighted by Gasteiger charge is 2.39. The third-order valence-corrected chi connectivity index (χ3v) is 5.59. The van der Waals surface area contributed by atoms with E-state index in [-0.39, 0.29) is 5.60 Å². The lowest BCUT2D eigenvalue weighted by Crippen LogP contribution is -2.42. The zero-order chi connectivity index (χ0) is 14.0. The van der Waals surface area contributed by atoms with Crippen LogP contribution in [0.25, 0.3) is 10.1 Å². The fourth-order valence-electron chi connectivity index (χ4n) is 3.24. The van der Waals surface area contributed by atoms with Crippen LogP contribution < -0.4 is 5.32 Å². The summed E-state index contributed by atoms with van der Waals surface area (Å²) in [4.78, 5) is 0. The van der Waals surface area contributed by atoms with E-state index >= 15 is 0 Å². The smallest absolute Gasteiger partial charge is 0.0697 e. The van der Waals surface area contributed by atoms with Crippen molar-refractivity contribution in [3.05, 3.63) is 35.2 Å². The summed E-state index contributed by atoms with van der Waals surface area (Å²) in [5, 5.41) is 7.38. The molecule has 0 aliphatic heterocycles. The summed E-state index contributed by atoms with van der Waals surface area (Å²) in [5.74, 6) is 0. The van der Waals surface area contributed by atoms with Gasteiger partial charge in [0, 0.05) is 17.9 Å². The van der Waals surface area contributed by atoms with Crippen LogP contribution in [0.4, 0.5) is 0 Å². The first kappa shape index (κ1) is 14.1. The van der Waals surface area contributed by atoms with Gasteiger partial charge in [-0.25, -0.2) is 0 Å². The number of hydrogen-bond acceptors (Lipinski definition) is 3. The number of ether oxygens (including phenoxy) is 1. The molecule has 1 aliphatic rings. The average Bonchev–Trinajstić information content (AvgIpc) is 2.85. The average molecular weight is 289 g/mol. The van der Waals surface area contributed by atoms with Gasteiger partial charge in [-0.2, -0.15) is 0 Å². The molecule has 1 aromatic heterocycles. The summed E-state index contributed by atoms with van der Waals surface area (Å²) in [6, 6.07) is 9.11. The van der Waals surface area contributed by atoms with E-state index < -0.39 is 0 Å². The van der Waals surface area contributed by atoms with E-state index in [1.54, 1.807) is 0 Å². The zero-order valence-corrected chi connectivity index (χ0v) is 13.1. The molecule has 1 fully saturated rings. The van der Waals surface area contributed by atoms with E-state index in [9.17, 15) is 0 Å². The second-order valence-corrected chi connectivity index (χ2v) is 6.65. The molecule has 0 radical (unpaired) electrons. The number of hydrogen-bond donors (Lipinski definition) is 1. The zero-order valence-electron chi connectivity index (χ0n) is 12.3. The van der Waals surface area contributed by atoms with Crippen LogP contribution in [0, 0.1) is 0 Å². The largest absolute Gasteiger partial charge is 0.378 e. The Morgan fingerprint density at radius 2 is 2.15 bits per heavy atom. The Morgan fingerprint density at radius 3 is 2.80 bits per heavy atom. The molecule has 3 heteroatoms. The van der Waals surface area contributed by atoms with Gasteiger partial charge in [-0.3, -0.25) is 0 Å². The second-order valence-electron chi connectivity index (χ2n) is 5.74. The summed E-state index contributed by atoms with van der Waals surface area (Å²) in [7, 11) is 1.87. The topological polar surface area (TPSA) is 21.3 Å². The third kappa shape index (κ3) is 2.50. The molecule has 1 unspecified atom stereocenters. The van der Waals surface area contributed by atoms with Crippen LogP contribution in [0.5, 0.6) is 0 Å². The lowest BCUT2D eigenvalue weighted by molar-refractivity contribution is -0.0836. The van der Waals surface area contributed by atoms with Gasteiger partial charge in [0.1, 0.15) is 0 Å². The van der Waals surface area contributed by atoms with Gasteiger partial charge < -0.3 is 10.1 Å². The van der Waals surface area contributed by atoms with Gasteiger partial charge in [-0.1, -0.05) is 25.1 Å². The monoisotopic (exact) mass is 289 g/mol. The van der Waals surface area contributed by atoms with E-state index in [0.29, 0.717) is 6.04 Å². The maximum Gasteiger partial charge on any atom is 0.0697 e. The second kappa shape index (κ2) is 5.84. The number of fused-ring (bicyclic) bond motifs is 1. The lowest BCUT2D eigenvalue weighted by atomic mass is 9.74. The van der Waals surface area contributed by atoms with Gasteiger partial charge in [0.25, 0.3) is 0 Å². The highest BCUT2D eigenvalue weighted by Crippen LogP contribution is 2.43. The minimum Gasteiger partial charge on any atom is -0.378 e. The van der Waals surface area contributed by atoms with Crippen LogP contribution in [-0.4, -0.2) is 19.3 Å². The molecule has 0 amide bonds. The van der Waals surface area contributed by atoms with E-state index in [1.165, 1.54) is 34.9 Å². The van der Waals surface area contributed by atoms with E-state index in [4.69, 9.17) is 4.74 Å². The molecule has 1 aliphatic carbocycles. The van der Waals surface area contributed by atoms with Crippen LogP contribution in [0.15, 0.2) is 29.6 Å². The Morgan fingerprint density at radius 1 is 1.35 bits per heavy atom. The SMILES string of the molecule is CCNC(CC1(OC)CCC1)c1csc2ccccc12. The number of methoxy groups -OCH3 is 1. The van der Waals surface area contributed by atoms with Gasteiger partial charge in [-0.05, 0) is 54.6 Å². The molecule has 20 heavy (non-hydrogen) atoms. The fourth-order valence-corrected chi connectivity index (χ4v) is 4.26. The Balaban J connectivity index is 1.90. The molecule has 2 nitrogen and oxygen atoms in total. The molecule has 2 aromatic rings. The van der Waals surface area contributed by atoms with Gasteiger partial charge in [-0.15, -0.1) is 11.3 Å². The predicted octanol–water partition coefficient (Wildman–Crippen LogP) is 4.51. The number of benzene rings is 1.